The summed E-state index contributed by atoms with van der Waals surface area (Å²) in [7, 11) is 0. The number of hydrogen-bond acceptors (Lipinski definition) is 3. The maximum absolute atomic E-state index is 13.5. The van der Waals surface area contributed by atoms with Crippen LogP contribution in [0.2, 0.25) is 5.02 Å². The van der Waals surface area contributed by atoms with Crippen LogP contribution in [0.4, 0.5) is 8.78 Å². The fourth-order valence-corrected chi connectivity index (χ4v) is 2.04. The van der Waals surface area contributed by atoms with Crippen molar-refractivity contribution in [3.63, 3.8) is 0 Å². The molecule has 0 aliphatic heterocycles. The van der Waals surface area contributed by atoms with E-state index in [1.807, 2.05) is 0 Å². The second kappa shape index (κ2) is 7.13. The highest BCUT2D eigenvalue weighted by Gasteiger charge is 2.16. The minimum absolute atomic E-state index is 0.00694. The van der Waals surface area contributed by atoms with E-state index >= 15 is 0 Å². The van der Waals surface area contributed by atoms with Crippen molar-refractivity contribution in [3.8, 4) is 0 Å². The van der Waals surface area contributed by atoms with E-state index in [1.54, 1.807) is 0 Å². The van der Waals surface area contributed by atoms with Gasteiger partial charge in [-0.25, -0.2) is 8.78 Å². The molecule has 22 heavy (non-hydrogen) atoms. The zero-order valence-corrected chi connectivity index (χ0v) is 12.1. The van der Waals surface area contributed by atoms with Gasteiger partial charge in [0.1, 0.15) is 11.6 Å². The van der Waals surface area contributed by atoms with Crippen molar-refractivity contribution in [2.45, 2.75) is 6.42 Å². The lowest BCUT2D eigenvalue weighted by Gasteiger charge is -2.07. The monoisotopic (exact) mass is 324 g/mol. The van der Waals surface area contributed by atoms with E-state index in [9.17, 15) is 18.4 Å². The largest absolute Gasteiger partial charge is 0.457 e. The Hall–Kier alpha value is -2.27. The molecule has 2 aromatic carbocycles. The Kier molecular flexibility index (Phi) is 5.22. The van der Waals surface area contributed by atoms with E-state index in [-0.39, 0.29) is 16.1 Å². The van der Waals surface area contributed by atoms with Crippen LogP contribution in [-0.4, -0.2) is 18.4 Å². The highest BCUT2D eigenvalue weighted by atomic mass is 35.5. The summed E-state index contributed by atoms with van der Waals surface area (Å²) in [5, 5.41) is 0.0948. The molecule has 0 N–H and O–H groups in total. The second-order valence-corrected chi connectivity index (χ2v) is 4.85. The van der Waals surface area contributed by atoms with Crippen molar-refractivity contribution >= 4 is 23.4 Å². The maximum Gasteiger partial charge on any atom is 0.310 e. The van der Waals surface area contributed by atoms with Crippen LogP contribution in [0.25, 0.3) is 0 Å². The lowest BCUT2D eigenvalue weighted by molar-refractivity contribution is -0.141. The van der Waals surface area contributed by atoms with Gasteiger partial charge in [0.05, 0.1) is 12.0 Å². The van der Waals surface area contributed by atoms with E-state index in [0.29, 0.717) is 0 Å². The summed E-state index contributed by atoms with van der Waals surface area (Å²) >= 11 is 5.79. The summed E-state index contributed by atoms with van der Waals surface area (Å²) in [5.41, 5.74) is -0.174. The van der Waals surface area contributed by atoms with Gasteiger partial charge in [-0.05, 0) is 24.3 Å². The van der Waals surface area contributed by atoms with Crippen molar-refractivity contribution in [3.05, 3.63) is 70.2 Å². The van der Waals surface area contributed by atoms with Crippen LogP contribution in [0, 0.1) is 11.6 Å². The number of hydrogen-bond donors (Lipinski definition) is 0. The van der Waals surface area contributed by atoms with Gasteiger partial charge in [-0.1, -0.05) is 29.8 Å². The van der Waals surface area contributed by atoms with E-state index in [0.717, 1.165) is 6.07 Å². The topological polar surface area (TPSA) is 43.4 Å². The van der Waals surface area contributed by atoms with Crippen LogP contribution in [0.15, 0.2) is 42.5 Å². The van der Waals surface area contributed by atoms with Gasteiger partial charge in [0.25, 0.3) is 0 Å². The molecule has 6 heteroatoms. The Morgan fingerprint density at radius 2 is 1.68 bits per heavy atom. The van der Waals surface area contributed by atoms with Crippen LogP contribution in [0.3, 0.4) is 0 Å². The van der Waals surface area contributed by atoms with Crippen molar-refractivity contribution in [2.24, 2.45) is 0 Å². The first-order valence-electron chi connectivity index (χ1n) is 6.35. The molecule has 114 valence electrons. The van der Waals surface area contributed by atoms with Gasteiger partial charge in [0.2, 0.25) is 5.78 Å². The second-order valence-electron chi connectivity index (χ2n) is 4.44. The summed E-state index contributed by atoms with van der Waals surface area (Å²) in [5.74, 6) is -2.83. The van der Waals surface area contributed by atoms with Crippen molar-refractivity contribution in [2.75, 3.05) is 6.61 Å². The number of rotatable bonds is 5. The molecular weight excluding hydrogens is 314 g/mol. The predicted molar refractivity (Wildman–Crippen MR) is 76.8 cm³/mol. The van der Waals surface area contributed by atoms with Gasteiger partial charge in [0.15, 0.2) is 6.61 Å². The molecule has 0 atom stereocenters. The molecule has 0 saturated heterocycles. The van der Waals surface area contributed by atoms with Crippen molar-refractivity contribution < 1.29 is 23.1 Å². The minimum Gasteiger partial charge on any atom is -0.457 e. The van der Waals surface area contributed by atoms with Crippen LogP contribution < -0.4 is 0 Å². The lowest BCUT2D eigenvalue weighted by atomic mass is 10.1. The highest BCUT2D eigenvalue weighted by Crippen LogP contribution is 2.19. The Morgan fingerprint density at radius 3 is 2.36 bits per heavy atom. The molecule has 0 fully saturated rings. The molecular formula is C16H11ClF2O3. The summed E-state index contributed by atoms with van der Waals surface area (Å²) < 4.78 is 31.7. The van der Waals surface area contributed by atoms with Crippen LogP contribution in [0.1, 0.15) is 15.9 Å². The average Bonchev–Trinajstić information content (AvgIpc) is 2.49. The number of Topliss-reactive ketones (excluding diaryl/α,β-unsaturated/α-hetero) is 1. The quantitative estimate of drug-likeness (QED) is 0.623. The summed E-state index contributed by atoms with van der Waals surface area (Å²) in [6.45, 7) is -0.619. The third kappa shape index (κ3) is 3.89. The van der Waals surface area contributed by atoms with Crippen molar-refractivity contribution in [1.82, 2.24) is 0 Å². The van der Waals surface area contributed by atoms with Gasteiger partial charge >= 0.3 is 5.97 Å². The number of ketones is 1. The van der Waals surface area contributed by atoms with E-state index in [1.165, 1.54) is 36.4 Å². The highest BCUT2D eigenvalue weighted by molar-refractivity contribution is 6.31. The number of carbonyl (C=O) groups excluding carboxylic acids is 2. The summed E-state index contributed by atoms with van der Waals surface area (Å²) in [4.78, 5) is 23.4. The molecule has 0 heterocycles. The smallest absolute Gasteiger partial charge is 0.310 e. The summed E-state index contributed by atoms with van der Waals surface area (Å²) in [6, 6.07) is 9.38. The van der Waals surface area contributed by atoms with Crippen molar-refractivity contribution in [1.29, 1.82) is 0 Å². The molecule has 3 nitrogen and oxygen atoms in total. The normalized spacial score (nSPS) is 10.3. The average molecular weight is 325 g/mol. The first-order valence-corrected chi connectivity index (χ1v) is 6.73. The Labute approximate surface area is 130 Å². The SMILES string of the molecule is O=C(Cc1c(F)cccc1Cl)OCC(=O)c1ccccc1F. The molecule has 0 saturated carbocycles. The molecule has 0 bridgehead atoms. The van der Waals surface area contributed by atoms with Gasteiger partial charge in [-0.2, -0.15) is 0 Å². The lowest BCUT2D eigenvalue weighted by Crippen LogP contribution is -2.17. The molecule has 0 radical (unpaired) electrons. The molecule has 2 rings (SSSR count). The Morgan fingerprint density at radius 1 is 1.00 bits per heavy atom. The van der Waals surface area contributed by atoms with Gasteiger partial charge in [-0.15, -0.1) is 0 Å². The molecule has 0 amide bonds. The summed E-state index contributed by atoms with van der Waals surface area (Å²) in [6.07, 6.45) is -0.407. The molecule has 0 aromatic heterocycles. The molecule has 0 aliphatic carbocycles. The molecule has 2 aromatic rings. The van der Waals surface area contributed by atoms with E-state index in [4.69, 9.17) is 16.3 Å². The fourth-order valence-electron chi connectivity index (χ4n) is 1.81. The molecule has 0 spiro atoms. The third-order valence-corrected chi connectivity index (χ3v) is 3.28. The standard InChI is InChI=1S/C16H11ClF2O3/c17-12-5-3-7-14(19)11(12)8-16(21)22-9-15(20)10-4-1-2-6-13(10)18/h1-7H,8-9H2. The number of esters is 1. The van der Waals surface area contributed by atoms with Crippen LogP contribution in [-0.2, 0) is 16.0 Å². The minimum atomic E-state index is -0.823. The first kappa shape index (κ1) is 16.1. The molecule has 0 aliphatic rings. The van der Waals surface area contributed by atoms with E-state index < -0.39 is 36.4 Å². The number of halogens is 3. The predicted octanol–water partition coefficient (Wildman–Crippen LogP) is 3.59. The number of carbonyl (C=O) groups is 2. The van der Waals surface area contributed by atoms with Crippen LogP contribution >= 0.6 is 11.6 Å². The van der Waals surface area contributed by atoms with E-state index in [2.05, 4.69) is 0 Å². The van der Waals surface area contributed by atoms with Gasteiger partial charge in [-0.3, -0.25) is 9.59 Å². The van der Waals surface area contributed by atoms with Gasteiger partial charge in [0, 0.05) is 10.6 Å². The van der Waals surface area contributed by atoms with Gasteiger partial charge < -0.3 is 4.74 Å². The Bertz CT molecular complexity index is 696. The van der Waals surface area contributed by atoms with Crippen LogP contribution in [0.5, 0.6) is 0 Å². The maximum atomic E-state index is 13.5. The zero-order chi connectivity index (χ0) is 16.1. The third-order valence-electron chi connectivity index (χ3n) is 2.92. The number of benzene rings is 2. The zero-order valence-electron chi connectivity index (χ0n) is 11.3. The number of ether oxygens (including phenoxy) is 1. The fraction of sp³-hybridized carbons (Fsp3) is 0.125. The molecule has 0 unspecified atom stereocenters. The Balaban J connectivity index is 1.96. The first-order chi connectivity index (χ1) is 10.5.